The number of halogens is 1. The molecule has 2 unspecified atom stereocenters. The fourth-order valence-electron chi connectivity index (χ4n) is 3.27. The highest BCUT2D eigenvalue weighted by Gasteiger charge is 2.37. The lowest BCUT2D eigenvalue weighted by Crippen LogP contribution is -2.46. The van der Waals surface area contributed by atoms with Crippen LogP contribution in [-0.4, -0.2) is 33.6 Å². The Morgan fingerprint density at radius 1 is 1.50 bits per heavy atom. The number of carboxylic acid groups (broad SMARTS) is 1. The third-order valence-electron chi connectivity index (χ3n) is 4.19. The van der Waals surface area contributed by atoms with Gasteiger partial charge in [0.05, 0.1) is 6.54 Å². The summed E-state index contributed by atoms with van der Waals surface area (Å²) in [6, 6.07) is -0.194. The highest BCUT2D eigenvalue weighted by molar-refractivity contribution is 9.07. The van der Waals surface area contributed by atoms with Crippen molar-refractivity contribution in [3.8, 4) is 0 Å². The van der Waals surface area contributed by atoms with Gasteiger partial charge in [0.2, 0.25) is 0 Å². The second-order valence-corrected chi connectivity index (χ2v) is 6.24. The van der Waals surface area contributed by atoms with Gasteiger partial charge in [-0.3, -0.25) is 10.1 Å². The number of aliphatic carboxylic acids is 1. The first-order valence-electron chi connectivity index (χ1n) is 6.47. The highest BCUT2D eigenvalue weighted by atomic mass is 79.9. The van der Waals surface area contributed by atoms with Crippen molar-refractivity contribution in [3.05, 3.63) is 23.4 Å². The summed E-state index contributed by atoms with van der Waals surface area (Å²) in [5.41, 5.74) is 2.61. The number of carboxylic acids is 1. The first-order valence-corrected chi connectivity index (χ1v) is 7.18. The van der Waals surface area contributed by atoms with Crippen LogP contribution in [0, 0.1) is 5.92 Å². The average molecular weight is 313 g/mol. The van der Waals surface area contributed by atoms with Crippen molar-refractivity contribution in [2.24, 2.45) is 5.92 Å². The average Bonchev–Trinajstić information content (AvgIpc) is 2.58. The Morgan fingerprint density at radius 3 is 3.11 bits per heavy atom. The minimum absolute atomic E-state index is 0.205. The molecular formula is C13H17BrN2O2. The molecule has 5 heteroatoms. The van der Waals surface area contributed by atoms with Crippen molar-refractivity contribution in [1.29, 1.82) is 0 Å². The molecule has 2 N–H and O–H groups in total. The summed E-state index contributed by atoms with van der Waals surface area (Å²) < 4.78 is 2.00. The zero-order valence-corrected chi connectivity index (χ0v) is 11.7. The van der Waals surface area contributed by atoms with E-state index in [0.29, 0.717) is 5.92 Å². The van der Waals surface area contributed by atoms with Gasteiger partial charge in [-0.25, -0.2) is 0 Å². The van der Waals surface area contributed by atoms with E-state index in [1.807, 2.05) is 3.93 Å². The van der Waals surface area contributed by atoms with Crippen LogP contribution in [-0.2, 0) is 4.79 Å². The summed E-state index contributed by atoms with van der Waals surface area (Å²) >= 11 is 3.48. The van der Waals surface area contributed by atoms with Gasteiger partial charge in [-0.2, -0.15) is 0 Å². The molecule has 1 aliphatic carbocycles. The molecule has 0 radical (unpaired) electrons. The second-order valence-electron chi connectivity index (χ2n) is 5.33. The standard InChI is InChI=1S/C13H17BrN2O2/c14-16-6-9-5-4-8-2-1-3-11(13(17)18)15-12(8)10(9)7-16/h5,7-8,11-12,15H,1-4,6H2,(H,17,18)/t8?,11-,12?/m0/s1. The van der Waals surface area contributed by atoms with Gasteiger partial charge in [0.15, 0.2) is 0 Å². The topological polar surface area (TPSA) is 52.6 Å². The molecule has 1 fully saturated rings. The Morgan fingerprint density at radius 2 is 2.33 bits per heavy atom. The number of allylic oxidation sites excluding steroid dienone is 1. The molecule has 3 rings (SSSR count). The fourth-order valence-corrected chi connectivity index (χ4v) is 3.76. The Labute approximate surface area is 115 Å². The van der Waals surface area contributed by atoms with E-state index in [2.05, 4.69) is 33.7 Å². The molecule has 4 nitrogen and oxygen atoms in total. The molecular weight excluding hydrogens is 296 g/mol. The first-order chi connectivity index (χ1) is 8.65. The summed E-state index contributed by atoms with van der Waals surface area (Å²) in [5.74, 6) is -0.176. The molecule has 0 amide bonds. The van der Waals surface area contributed by atoms with E-state index >= 15 is 0 Å². The third-order valence-corrected chi connectivity index (χ3v) is 4.65. The fraction of sp³-hybridized carbons (Fsp3) is 0.615. The maximum Gasteiger partial charge on any atom is 0.320 e. The molecule has 1 saturated heterocycles. The maximum absolute atomic E-state index is 11.2. The number of hydrogen-bond acceptors (Lipinski definition) is 3. The van der Waals surface area contributed by atoms with Crippen molar-refractivity contribution in [2.75, 3.05) is 6.54 Å². The van der Waals surface area contributed by atoms with Gasteiger partial charge < -0.3 is 9.03 Å². The maximum atomic E-state index is 11.2. The van der Waals surface area contributed by atoms with E-state index < -0.39 is 12.0 Å². The van der Waals surface area contributed by atoms with Crippen molar-refractivity contribution in [3.63, 3.8) is 0 Å². The number of nitrogens with one attached hydrogen (secondary N) is 1. The van der Waals surface area contributed by atoms with E-state index in [9.17, 15) is 9.90 Å². The Hall–Kier alpha value is -0.810. The normalized spacial score (nSPS) is 35.2. The van der Waals surface area contributed by atoms with Crippen LogP contribution < -0.4 is 5.32 Å². The lowest BCUT2D eigenvalue weighted by molar-refractivity contribution is -0.139. The Bertz CT molecular complexity index is 433. The van der Waals surface area contributed by atoms with Gasteiger partial charge in [0, 0.05) is 28.4 Å². The number of rotatable bonds is 1. The summed E-state index contributed by atoms with van der Waals surface area (Å²) in [6.45, 7) is 0.887. The number of hydrogen-bond donors (Lipinski definition) is 2. The van der Waals surface area contributed by atoms with Crippen LogP contribution in [0.15, 0.2) is 23.4 Å². The first kappa shape index (κ1) is 12.2. The van der Waals surface area contributed by atoms with E-state index in [4.69, 9.17) is 0 Å². The number of fused-ring (bicyclic) bond motifs is 3. The molecule has 2 heterocycles. The lowest BCUT2D eigenvalue weighted by Gasteiger charge is -2.31. The van der Waals surface area contributed by atoms with Crippen LogP contribution >= 0.6 is 16.1 Å². The molecule has 3 atom stereocenters. The molecule has 0 aromatic carbocycles. The molecule has 0 aromatic rings. The minimum atomic E-state index is -0.721. The molecule has 0 aromatic heterocycles. The van der Waals surface area contributed by atoms with Gasteiger partial charge in [-0.15, -0.1) is 0 Å². The molecule has 0 spiro atoms. The summed E-state index contributed by atoms with van der Waals surface area (Å²) in [6.07, 6.45) is 8.34. The Balaban J connectivity index is 1.88. The van der Waals surface area contributed by atoms with Gasteiger partial charge >= 0.3 is 5.97 Å². The predicted octanol–water partition coefficient (Wildman–Crippen LogP) is 2.04. The smallest absolute Gasteiger partial charge is 0.320 e. The number of nitrogens with zero attached hydrogens (tertiary/aromatic N) is 1. The van der Waals surface area contributed by atoms with Crippen molar-refractivity contribution in [1.82, 2.24) is 9.24 Å². The zero-order valence-electron chi connectivity index (χ0n) is 10.1. The van der Waals surface area contributed by atoms with Crippen LogP contribution in [0.4, 0.5) is 0 Å². The summed E-state index contributed by atoms with van der Waals surface area (Å²) in [4.78, 5) is 11.2. The molecule has 2 aliphatic heterocycles. The molecule has 18 heavy (non-hydrogen) atoms. The minimum Gasteiger partial charge on any atom is -0.480 e. The van der Waals surface area contributed by atoms with Crippen molar-refractivity contribution in [2.45, 2.75) is 37.8 Å². The molecule has 98 valence electrons. The summed E-state index contributed by atoms with van der Waals surface area (Å²) in [7, 11) is 0. The summed E-state index contributed by atoms with van der Waals surface area (Å²) in [5, 5.41) is 12.6. The van der Waals surface area contributed by atoms with Gasteiger partial charge in [0.1, 0.15) is 6.04 Å². The zero-order chi connectivity index (χ0) is 12.7. The van der Waals surface area contributed by atoms with E-state index in [0.717, 1.165) is 32.2 Å². The van der Waals surface area contributed by atoms with Crippen molar-refractivity contribution < 1.29 is 9.90 Å². The molecule has 3 aliphatic rings. The van der Waals surface area contributed by atoms with E-state index in [1.54, 1.807) is 0 Å². The largest absolute Gasteiger partial charge is 0.480 e. The Kier molecular flexibility index (Phi) is 3.20. The van der Waals surface area contributed by atoms with E-state index in [1.165, 1.54) is 11.1 Å². The van der Waals surface area contributed by atoms with Crippen LogP contribution in [0.25, 0.3) is 0 Å². The SMILES string of the molecule is O=C(O)[C@@H]1CCCC2CC=C3CN(Br)C=C3C2N1. The van der Waals surface area contributed by atoms with Gasteiger partial charge in [-0.1, -0.05) is 12.5 Å². The highest BCUT2D eigenvalue weighted by Crippen LogP contribution is 2.38. The second kappa shape index (κ2) is 4.70. The number of carbonyl (C=O) groups is 1. The van der Waals surface area contributed by atoms with E-state index in [-0.39, 0.29) is 6.04 Å². The predicted molar refractivity (Wildman–Crippen MR) is 72.1 cm³/mol. The van der Waals surface area contributed by atoms with Crippen LogP contribution in [0.1, 0.15) is 25.7 Å². The van der Waals surface area contributed by atoms with Gasteiger partial charge in [-0.05, 0) is 36.3 Å². The van der Waals surface area contributed by atoms with Crippen LogP contribution in [0.3, 0.4) is 0 Å². The molecule has 0 saturated carbocycles. The van der Waals surface area contributed by atoms with Crippen LogP contribution in [0.2, 0.25) is 0 Å². The third kappa shape index (κ3) is 2.10. The van der Waals surface area contributed by atoms with Gasteiger partial charge in [0.25, 0.3) is 0 Å². The molecule has 0 bridgehead atoms. The van der Waals surface area contributed by atoms with Crippen LogP contribution in [0.5, 0.6) is 0 Å². The van der Waals surface area contributed by atoms with Crippen molar-refractivity contribution >= 4 is 22.1 Å². The quantitative estimate of drug-likeness (QED) is 0.728. The lowest BCUT2D eigenvalue weighted by atomic mass is 9.80. The monoisotopic (exact) mass is 312 g/mol.